The Hall–Kier alpha value is 0.610. The summed E-state index contributed by atoms with van der Waals surface area (Å²) in [6, 6.07) is 7.88. The van der Waals surface area contributed by atoms with Gasteiger partial charge in [-0.05, 0) is 30.0 Å². The van der Waals surface area contributed by atoms with Crippen molar-refractivity contribution in [3.05, 3.63) is 34.3 Å². The molecule has 0 bridgehead atoms. The second-order valence-corrected chi connectivity index (χ2v) is 13.8. The SMILES string of the molecule is CC(C)CCC[C@H](C(=O)OCC(Br)(Br)Br)c1ccc(Br)cc1. The number of halogens is 4. The molecular weight excluding hydrogens is 544 g/mol. The molecule has 1 rings (SSSR count). The highest BCUT2D eigenvalue weighted by atomic mass is 80.0. The van der Waals surface area contributed by atoms with Crippen molar-refractivity contribution in [1.82, 2.24) is 0 Å². The second kappa shape index (κ2) is 9.80. The van der Waals surface area contributed by atoms with Gasteiger partial charge >= 0.3 is 5.97 Å². The van der Waals surface area contributed by atoms with E-state index in [2.05, 4.69) is 77.6 Å². The number of esters is 1. The molecule has 0 aromatic heterocycles. The molecule has 2 nitrogen and oxygen atoms in total. The van der Waals surface area contributed by atoms with Crippen LogP contribution in [0.1, 0.15) is 44.6 Å². The molecule has 0 fully saturated rings. The number of carbonyl (C=O) groups excluding carboxylic acids is 1. The Morgan fingerprint density at radius 2 is 1.73 bits per heavy atom. The van der Waals surface area contributed by atoms with Gasteiger partial charge in [-0.3, -0.25) is 4.79 Å². The predicted molar refractivity (Wildman–Crippen MR) is 106 cm³/mol. The zero-order valence-electron chi connectivity index (χ0n) is 12.6. The van der Waals surface area contributed by atoms with Crippen molar-refractivity contribution in [1.29, 1.82) is 0 Å². The number of hydrogen-bond donors (Lipinski definition) is 0. The third kappa shape index (κ3) is 8.46. The molecule has 124 valence electrons. The second-order valence-electron chi connectivity index (χ2n) is 5.65. The maximum atomic E-state index is 12.5. The van der Waals surface area contributed by atoms with Gasteiger partial charge in [-0.25, -0.2) is 0 Å². The van der Waals surface area contributed by atoms with E-state index < -0.39 is 2.14 Å². The van der Waals surface area contributed by atoms with Crippen LogP contribution in [0.2, 0.25) is 0 Å². The molecule has 0 aliphatic heterocycles. The molecule has 0 radical (unpaired) electrons. The molecule has 1 atom stereocenters. The van der Waals surface area contributed by atoms with Gasteiger partial charge in [0.1, 0.15) is 6.61 Å². The summed E-state index contributed by atoms with van der Waals surface area (Å²) < 4.78 is 5.86. The molecule has 0 spiro atoms. The summed E-state index contributed by atoms with van der Waals surface area (Å²) in [4.78, 5) is 12.5. The highest BCUT2D eigenvalue weighted by Gasteiger charge is 2.26. The van der Waals surface area contributed by atoms with Crippen LogP contribution >= 0.6 is 63.7 Å². The zero-order valence-corrected chi connectivity index (χ0v) is 19.0. The van der Waals surface area contributed by atoms with Crippen LogP contribution in [0, 0.1) is 5.92 Å². The average molecular weight is 564 g/mol. The normalized spacial score (nSPS) is 13.2. The molecule has 22 heavy (non-hydrogen) atoms. The summed E-state index contributed by atoms with van der Waals surface area (Å²) in [7, 11) is 0. The highest BCUT2D eigenvalue weighted by molar-refractivity contribution is 9.39. The first-order chi connectivity index (χ1) is 10.2. The smallest absolute Gasteiger partial charge is 0.313 e. The fourth-order valence-electron chi connectivity index (χ4n) is 2.10. The summed E-state index contributed by atoms with van der Waals surface area (Å²) in [5.41, 5.74) is 1.00. The maximum Gasteiger partial charge on any atom is 0.313 e. The van der Waals surface area contributed by atoms with Crippen LogP contribution in [0.25, 0.3) is 0 Å². The van der Waals surface area contributed by atoms with Crippen LogP contribution < -0.4 is 0 Å². The van der Waals surface area contributed by atoms with Crippen molar-refractivity contribution in [3.63, 3.8) is 0 Å². The van der Waals surface area contributed by atoms with Gasteiger partial charge in [0.25, 0.3) is 0 Å². The maximum absolute atomic E-state index is 12.5. The van der Waals surface area contributed by atoms with E-state index in [-0.39, 0.29) is 18.5 Å². The first-order valence-corrected chi connectivity index (χ1v) is 10.3. The first-order valence-electron chi connectivity index (χ1n) is 7.18. The predicted octanol–water partition coefficient (Wildman–Crippen LogP) is 6.74. The van der Waals surface area contributed by atoms with E-state index in [4.69, 9.17) is 4.74 Å². The van der Waals surface area contributed by atoms with Gasteiger partial charge in [0.05, 0.1) is 5.92 Å². The third-order valence-corrected chi connectivity index (χ3v) is 4.42. The fraction of sp³-hybridized carbons (Fsp3) is 0.562. The Balaban J connectivity index is 2.76. The van der Waals surface area contributed by atoms with E-state index in [9.17, 15) is 4.79 Å². The van der Waals surface area contributed by atoms with E-state index in [1.807, 2.05) is 24.3 Å². The van der Waals surface area contributed by atoms with E-state index in [1.54, 1.807) is 0 Å². The van der Waals surface area contributed by atoms with E-state index >= 15 is 0 Å². The Morgan fingerprint density at radius 1 is 1.14 bits per heavy atom. The quantitative estimate of drug-likeness (QED) is 0.271. The molecule has 1 aromatic carbocycles. The molecule has 1 aromatic rings. The molecule has 0 aliphatic carbocycles. The number of benzene rings is 1. The molecular formula is C16H20Br4O2. The largest absolute Gasteiger partial charge is 0.462 e. The van der Waals surface area contributed by atoms with Crippen LogP contribution in [0.5, 0.6) is 0 Å². The average Bonchev–Trinajstić information content (AvgIpc) is 2.41. The molecule has 0 unspecified atom stereocenters. The van der Waals surface area contributed by atoms with Gasteiger partial charge in [-0.2, -0.15) is 0 Å². The van der Waals surface area contributed by atoms with Crippen molar-refractivity contribution >= 4 is 69.7 Å². The lowest BCUT2D eigenvalue weighted by Crippen LogP contribution is -2.21. The van der Waals surface area contributed by atoms with Crippen LogP contribution in [0.4, 0.5) is 0 Å². The van der Waals surface area contributed by atoms with Gasteiger partial charge in [0.2, 0.25) is 0 Å². The minimum Gasteiger partial charge on any atom is -0.462 e. The van der Waals surface area contributed by atoms with Gasteiger partial charge < -0.3 is 4.74 Å². The van der Waals surface area contributed by atoms with Crippen LogP contribution in [-0.2, 0) is 9.53 Å². The molecule has 6 heteroatoms. The number of alkyl halides is 3. The molecule has 0 saturated carbocycles. The summed E-state index contributed by atoms with van der Waals surface area (Å²) in [5, 5.41) is 0. The number of rotatable bonds is 7. The van der Waals surface area contributed by atoms with Crippen molar-refractivity contribution < 1.29 is 9.53 Å². The molecule has 0 amide bonds. The molecule has 0 heterocycles. The summed E-state index contributed by atoms with van der Waals surface area (Å²) >= 11 is 13.5. The number of ether oxygens (including phenoxy) is 1. The number of carbonyl (C=O) groups is 1. The van der Waals surface area contributed by atoms with Crippen molar-refractivity contribution in [2.45, 2.75) is 41.2 Å². The number of hydrogen-bond acceptors (Lipinski definition) is 2. The lowest BCUT2D eigenvalue weighted by atomic mass is 9.92. The standard InChI is InChI=1S/C16H20Br4O2/c1-11(2)4-3-5-14(12-6-8-13(17)9-7-12)15(21)22-10-16(18,19)20/h6-9,11,14H,3-5,10H2,1-2H3/t14-/m0/s1. The Bertz CT molecular complexity index is 466. The monoisotopic (exact) mass is 560 g/mol. The van der Waals surface area contributed by atoms with E-state index in [0.717, 1.165) is 29.3 Å². The highest BCUT2D eigenvalue weighted by Crippen LogP contribution is 2.34. The summed E-state index contributed by atoms with van der Waals surface area (Å²) in [5.74, 6) is 0.234. The van der Waals surface area contributed by atoms with Gasteiger partial charge in [-0.1, -0.05) is 103 Å². The molecule has 0 N–H and O–H groups in total. The van der Waals surface area contributed by atoms with Crippen LogP contribution in [0.3, 0.4) is 0 Å². The van der Waals surface area contributed by atoms with E-state index in [1.165, 1.54) is 0 Å². The van der Waals surface area contributed by atoms with Crippen molar-refractivity contribution in [2.75, 3.05) is 6.61 Å². The van der Waals surface area contributed by atoms with Gasteiger partial charge in [0.15, 0.2) is 2.14 Å². The minimum absolute atomic E-state index is 0.186. The van der Waals surface area contributed by atoms with Crippen molar-refractivity contribution in [3.8, 4) is 0 Å². The van der Waals surface area contributed by atoms with Crippen molar-refractivity contribution in [2.24, 2.45) is 5.92 Å². The fourth-order valence-corrected chi connectivity index (χ4v) is 2.71. The van der Waals surface area contributed by atoms with Crippen LogP contribution in [0.15, 0.2) is 28.7 Å². The first kappa shape index (κ1) is 20.7. The summed E-state index contributed by atoms with van der Waals surface area (Å²) in [6.07, 6.45) is 2.92. The Morgan fingerprint density at radius 3 is 2.23 bits per heavy atom. The Kier molecular flexibility index (Phi) is 9.20. The molecule has 0 saturated heterocycles. The van der Waals surface area contributed by atoms with Gasteiger partial charge in [0, 0.05) is 4.47 Å². The summed E-state index contributed by atoms with van der Waals surface area (Å²) in [6.45, 7) is 4.60. The lowest BCUT2D eigenvalue weighted by molar-refractivity contribution is -0.145. The van der Waals surface area contributed by atoms with Gasteiger partial charge in [-0.15, -0.1) is 0 Å². The minimum atomic E-state index is -0.565. The third-order valence-electron chi connectivity index (χ3n) is 3.21. The van der Waals surface area contributed by atoms with E-state index in [0.29, 0.717) is 5.92 Å². The molecule has 0 aliphatic rings. The zero-order chi connectivity index (χ0) is 16.8. The lowest BCUT2D eigenvalue weighted by Gasteiger charge is -2.19. The topological polar surface area (TPSA) is 26.3 Å². The van der Waals surface area contributed by atoms with Crippen LogP contribution in [-0.4, -0.2) is 14.7 Å². The Labute approximate surface area is 166 Å².